The molecule has 0 fully saturated rings. The molecule has 2 amide bonds. The molecular formula is C25H36N3O2+. The SMILES string of the molecule is CCCc1ccc([C@H]([NH2+]CC(=O)NCC(=O)Nc2cccc(C)c2C)C(C)C)cc1. The fourth-order valence-electron chi connectivity index (χ4n) is 3.55. The highest BCUT2D eigenvalue weighted by molar-refractivity contribution is 5.95. The molecule has 0 aliphatic heterocycles. The Morgan fingerprint density at radius 3 is 2.33 bits per heavy atom. The molecule has 0 spiro atoms. The monoisotopic (exact) mass is 410 g/mol. The molecule has 0 radical (unpaired) electrons. The molecule has 0 aromatic heterocycles. The van der Waals surface area contributed by atoms with Crippen LogP contribution in [0.5, 0.6) is 0 Å². The number of anilines is 1. The Kier molecular flexibility index (Phi) is 9.06. The zero-order valence-electron chi connectivity index (χ0n) is 18.9. The van der Waals surface area contributed by atoms with Gasteiger partial charge in [-0.1, -0.05) is 63.6 Å². The summed E-state index contributed by atoms with van der Waals surface area (Å²) in [4.78, 5) is 24.5. The molecule has 2 aromatic carbocycles. The van der Waals surface area contributed by atoms with Crippen LogP contribution in [-0.4, -0.2) is 24.9 Å². The molecule has 30 heavy (non-hydrogen) atoms. The van der Waals surface area contributed by atoms with Gasteiger partial charge in [-0.05, 0) is 43.0 Å². The molecule has 0 saturated carbocycles. The van der Waals surface area contributed by atoms with Crippen molar-refractivity contribution in [1.82, 2.24) is 5.32 Å². The molecule has 0 saturated heterocycles. The summed E-state index contributed by atoms with van der Waals surface area (Å²) in [7, 11) is 0. The van der Waals surface area contributed by atoms with Gasteiger partial charge in [-0.3, -0.25) is 9.59 Å². The van der Waals surface area contributed by atoms with E-state index in [0.717, 1.165) is 29.7 Å². The molecule has 4 N–H and O–H groups in total. The van der Waals surface area contributed by atoms with E-state index in [1.54, 1.807) is 0 Å². The molecule has 0 aliphatic carbocycles. The largest absolute Gasteiger partial charge is 0.342 e. The maximum Gasteiger partial charge on any atom is 0.275 e. The summed E-state index contributed by atoms with van der Waals surface area (Å²) < 4.78 is 0. The number of hydrogen-bond donors (Lipinski definition) is 3. The van der Waals surface area contributed by atoms with Gasteiger partial charge >= 0.3 is 0 Å². The number of carbonyl (C=O) groups excluding carboxylic acids is 2. The van der Waals surface area contributed by atoms with Gasteiger partial charge in [0.2, 0.25) is 5.91 Å². The van der Waals surface area contributed by atoms with Crippen molar-refractivity contribution in [3.63, 3.8) is 0 Å². The van der Waals surface area contributed by atoms with Crippen molar-refractivity contribution in [3.05, 3.63) is 64.7 Å². The van der Waals surface area contributed by atoms with E-state index < -0.39 is 0 Å². The van der Waals surface area contributed by atoms with Gasteiger partial charge in [-0.25, -0.2) is 0 Å². The number of nitrogens with one attached hydrogen (secondary N) is 2. The number of aryl methyl sites for hydroxylation is 2. The topological polar surface area (TPSA) is 74.8 Å². The van der Waals surface area contributed by atoms with Crippen LogP contribution in [-0.2, 0) is 16.0 Å². The maximum absolute atomic E-state index is 12.3. The van der Waals surface area contributed by atoms with Crippen LogP contribution >= 0.6 is 0 Å². The van der Waals surface area contributed by atoms with Crippen molar-refractivity contribution >= 4 is 17.5 Å². The van der Waals surface area contributed by atoms with Crippen molar-refractivity contribution in [2.75, 3.05) is 18.4 Å². The summed E-state index contributed by atoms with van der Waals surface area (Å²) in [6.07, 6.45) is 2.22. The van der Waals surface area contributed by atoms with Crippen molar-refractivity contribution in [1.29, 1.82) is 0 Å². The van der Waals surface area contributed by atoms with E-state index in [2.05, 4.69) is 61.0 Å². The molecule has 0 bridgehead atoms. The smallest absolute Gasteiger partial charge is 0.275 e. The van der Waals surface area contributed by atoms with Crippen molar-refractivity contribution in [3.8, 4) is 0 Å². The lowest BCUT2D eigenvalue weighted by atomic mass is 9.94. The lowest BCUT2D eigenvalue weighted by Crippen LogP contribution is -2.88. The van der Waals surface area contributed by atoms with Crippen LogP contribution in [0.1, 0.15) is 55.5 Å². The minimum absolute atomic E-state index is 0.0296. The molecule has 1 atom stereocenters. The highest BCUT2D eigenvalue weighted by atomic mass is 16.2. The van der Waals surface area contributed by atoms with E-state index in [4.69, 9.17) is 0 Å². The van der Waals surface area contributed by atoms with Crippen molar-refractivity contribution < 1.29 is 14.9 Å². The van der Waals surface area contributed by atoms with Crippen molar-refractivity contribution in [2.24, 2.45) is 5.92 Å². The third-order valence-corrected chi connectivity index (χ3v) is 5.50. The van der Waals surface area contributed by atoms with Crippen LogP contribution in [0.15, 0.2) is 42.5 Å². The normalized spacial score (nSPS) is 11.9. The van der Waals surface area contributed by atoms with E-state index in [0.29, 0.717) is 5.92 Å². The molecule has 0 aliphatic rings. The number of benzene rings is 2. The fourth-order valence-corrected chi connectivity index (χ4v) is 3.55. The first kappa shape index (κ1) is 23.6. The van der Waals surface area contributed by atoms with Crippen LogP contribution < -0.4 is 16.0 Å². The van der Waals surface area contributed by atoms with Crippen molar-refractivity contribution in [2.45, 2.75) is 53.5 Å². The van der Waals surface area contributed by atoms with Gasteiger partial charge in [0.1, 0.15) is 6.04 Å². The molecule has 2 rings (SSSR count). The van der Waals surface area contributed by atoms with E-state index >= 15 is 0 Å². The van der Waals surface area contributed by atoms with Crippen LogP contribution in [0.3, 0.4) is 0 Å². The van der Waals surface area contributed by atoms with E-state index in [9.17, 15) is 9.59 Å². The van der Waals surface area contributed by atoms with Gasteiger partial charge in [-0.2, -0.15) is 0 Å². The zero-order valence-corrected chi connectivity index (χ0v) is 18.9. The second-order valence-corrected chi connectivity index (χ2v) is 8.27. The quantitative estimate of drug-likeness (QED) is 0.562. The number of nitrogens with two attached hydrogens (primary N) is 1. The third-order valence-electron chi connectivity index (χ3n) is 5.50. The first-order chi connectivity index (χ1) is 14.3. The maximum atomic E-state index is 12.3. The Morgan fingerprint density at radius 1 is 1.00 bits per heavy atom. The van der Waals surface area contributed by atoms with E-state index in [1.165, 1.54) is 11.1 Å². The first-order valence-corrected chi connectivity index (χ1v) is 10.9. The Bertz CT molecular complexity index is 844. The standard InChI is InChI=1S/C25H35N3O2/c1-6-8-20-11-13-21(14-12-20)25(17(2)3)27-15-23(29)26-16-24(30)28-22-10-7-9-18(4)19(22)5/h7,9-14,17,25,27H,6,8,15-16H2,1-5H3,(H,26,29)(H,28,30)/p+1/t25-/m1/s1. The zero-order chi connectivity index (χ0) is 22.1. The fraction of sp³-hybridized carbons (Fsp3) is 0.440. The summed E-state index contributed by atoms with van der Waals surface area (Å²) in [5.74, 6) is 0.0331. The number of rotatable bonds is 10. The average molecular weight is 411 g/mol. The average Bonchev–Trinajstić information content (AvgIpc) is 2.71. The molecular weight excluding hydrogens is 374 g/mol. The first-order valence-electron chi connectivity index (χ1n) is 10.9. The van der Waals surface area contributed by atoms with Crippen LogP contribution in [0.25, 0.3) is 0 Å². The van der Waals surface area contributed by atoms with E-state index in [-0.39, 0.29) is 30.9 Å². The molecule has 0 heterocycles. The van der Waals surface area contributed by atoms with Crippen LogP contribution in [0.4, 0.5) is 5.69 Å². The van der Waals surface area contributed by atoms with Gasteiger partial charge < -0.3 is 16.0 Å². The summed E-state index contributed by atoms with van der Waals surface area (Å²) in [6, 6.07) is 14.7. The van der Waals surface area contributed by atoms with E-state index in [1.807, 2.05) is 32.0 Å². The lowest BCUT2D eigenvalue weighted by Gasteiger charge is -2.20. The van der Waals surface area contributed by atoms with Crippen LogP contribution in [0, 0.1) is 19.8 Å². The number of amides is 2. The predicted octanol–water partition coefficient (Wildman–Crippen LogP) is 3.27. The van der Waals surface area contributed by atoms with Gasteiger partial charge in [0.25, 0.3) is 5.91 Å². The Labute approximate surface area is 180 Å². The molecule has 162 valence electrons. The summed E-state index contributed by atoms with van der Waals surface area (Å²) >= 11 is 0. The molecule has 5 heteroatoms. The van der Waals surface area contributed by atoms with Gasteiger partial charge in [0.05, 0.1) is 6.54 Å². The predicted molar refractivity (Wildman–Crippen MR) is 122 cm³/mol. The summed E-state index contributed by atoms with van der Waals surface area (Å²) in [5.41, 5.74) is 5.51. The van der Waals surface area contributed by atoms with Crippen LogP contribution in [0.2, 0.25) is 0 Å². The third kappa shape index (κ3) is 6.99. The van der Waals surface area contributed by atoms with Gasteiger partial charge in [-0.15, -0.1) is 0 Å². The van der Waals surface area contributed by atoms with Gasteiger partial charge in [0, 0.05) is 17.2 Å². The number of carbonyl (C=O) groups is 2. The second-order valence-electron chi connectivity index (χ2n) is 8.27. The minimum atomic E-state index is -0.219. The Balaban J connectivity index is 1.84. The highest BCUT2D eigenvalue weighted by Crippen LogP contribution is 2.19. The summed E-state index contributed by atoms with van der Waals surface area (Å²) in [6.45, 7) is 10.7. The second kappa shape index (κ2) is 11.5. The van der Waals surface area contributed by atoms with Gasteiger partial charge in [0.15, 0.2) is 6.54 Å². The lowest BCUT2D eigenvalue weighted by molar-refractivity contribution is -0.692. The Hall–Kier alpha value is -2.66. The molecule has 0 unspecified atom stereocenters. The number of hydrogen-bond acceptors (Lipinski definition) is 2. The summed E-state index contributed by atoms with van der Waals surface area (Å²) in [5, 5.41) is 7.65. The molecule has 2 aromatic rings. The highest BCUT2D eigenvalue weighted by Gasteiger charge is 2.20. The Morgan fingerprint density at radius 2 is 1.70 bits per heavy atom. The molecule has 5 nitrogen and oxygen atoms in total. The number of quaternary nitrogens is 1. The minimum Gasteiger partial charge on any atom is -0.342 e.